The third kappa shape index (κ3) is 4.60. The van der Waals surface area contributed by atoms with Crippen molar-refractivity contribution < 1.29 is 19.1 Å². The summed E-state index contributed by atoms with van der Waals surface area (Å²) in [4.78, 5) is 26.7. The van der Waals surface area contributed by atoms with E-state index in [0.717, 1.165) is 25.7 Å². The van der Waals surface area contributed by atoms with Crippen molar-refractivity contribution >= 4 is 11.9 Å². The van der Waals surface area contributed by atoms with E-state index in [1.54, 1.807) is 4.90 Å². The van der Waals surface area contributed by atoms with Gasteiger partial charge in [0, 0.05) is 19.1 Å². The van der Waals surface area contributed by atoms with E-state index >= 15 is 0 Å². The minimum atomic E-state index is -0.363. The fourth-order valence-electron chi connectivity index (χ4n) is 3.77. The van der Waals surface area contributed by atoms with Gasteiger partial charge in [-0.1, -0.05) is 19.3 Å². The molecule has 3 fully saturated rings. The standard InChI is InChI=1S/C17H29N3O4/c21-16(18-11-14-12-23-9-10-24-14)15-7-4-8-20(15)17(22)19-13-5-2-1-3-6-13/h13-15H,1-12H2,(H,18,21)(H,19,22)/t14-,15+/m1/s1. The zero-order chi connectivity index (χ0) is 16.8. The summed E-state index contributed by atoms with van der Waals surface area (Å²) in [7, 11) is 0. The van der Waals surface area contributed by atoms with Crippen molar-refractivity contribution in [1.82, 2.24) is 15.5 Å². The Hall–Kier alpha value is -1.34. The van der Waals surface area contributed by atoms with Gasteiger partial charge in [-0.2, -0.15) is 0 Å². The zero-order valence-electron chi connectivity index (χ0n) is 14.3. The van der Waals surface area contributed by atoms with Crippen LogP contribution >= 0.6 is 0 Å². The van der Waals surface area contributed by atoms with E-state index in [4.69, 9.17) is 9.47 Å². The maximum atomic E-state index is 12.5. The summed E-state index contributed by atoms with van der Waals surface area (Å²) in [5.74, 6) is -0.0829. The first-order chi connectivity index (χ1) is 11.7. The highest BCUT2D eigenvalue weighted by atomic mass is 16.6. The second kappa shape index (κ2) is 8.67. The van der Waals surface area contributed by atoms with Crippen LogP contribution in [0.25, 0.3) is 0 Å². The van der Waals surface area contributed by atoms with Crippen LogP contribution in [0.2, 0.25) is 0 Å². The molecule has 0 aromatic rings. The topological polar surface area (TPSA) is 79.9 Å². The average Bonchev–Trinajstić information content (AvgIpc) is 3.11. The molecule has 136 valence electrons. The molecule has 0 bridgehead atoms. The van der Waals surface area contributed by atoms with E-state index in [1.807, 2.05) is 0 Å². The molecule has 0 aromatic carbocycles. The minimum Gasteiger partial charge on any atom is -0.376 e. The molecule has 24 heavy (non-hydrogen) atoms. The van der Waals surface area contributed by atoms with Gasteiger partial charge >= 0.3 is 6.03 Å². The zero-order valence-corrected chi connectivity index (χ0v) is 14.3. The maximum Gasteiger partial charge on any atom is 0.318 e. The summed E-state index contributed by atoms with van der Waals surface area (Å²) in [5, 5.41) is 6.03. The number of amides is 3. The number of nitrogens with one attached hydrogen (secondary N) is 2. The van der Waals surface area contributed by atoms with Crippen LogP contribution in [-0.4, -0.2) is 67.9 Å². The van der Waals surface area contributed by atoms with Crippen molar-refractivity contribution in [3.63, 3.8) is 0 Å². The van der Waals surface area contributed by atoms with Crippen molar-refractivity contribution in [3.05, 3.63) is 0 Å². The summed E-state index contributed by atoms with van der Waals surface area (Å²) >= 11 is 0. The number of ether oxygens (including phenoxy) is 2. The Morgan fingerprint density at radius 1 is 1.04 bits per heavy atom. The Morgan fingerprint density at radius 3 is 2.62 bits per heavy atom. The third-order valence-electron chi connectivity index (χ3n) is 5.14. The largest absolute Gasteiger partial charge is 0.376 e. The number of hydrogen-bond donors (Lipinski definition) is 2. The fourth-order valence-corrected chi connectivity index (χ4v) is 3.77. The van der Waals surface area contributed by atoms with Crippen LogP contribution in [0.5, 0.6) is 0 Å². The first kappa shape index (κ1) is 17.5. The lowest BCUT2D eigenvalue weighted by molar-refractivity contribution is -0.127. The molecule has 2 N–H and O–H groups in total. The number of carbonyl (C=O) groups excluding carboxylic acids is 2. The molecule has 0 spiro atoms. The van der Waals surface area contributed by atoms with E-state index in [1.165, 1.54) is 19.3 Å². The monoisotopic (exact) mass is 339 g/mol. The molecule has 3 amide bonds. The normalized spacial score (nSPS) is 28.6. The van der Waals surface area contributed by atoms with Crippen molar-refractivity contribution in [3.8, 4) is 0 Å². The van der Waals surface area contributed by atoms with Gasteiger partial charge in [0.05, 0.1) is 25.9 Å². The summed E-state index contributed by atoms with van der Waals surface area (Å²) < 4.78 is 10.9. The van der Waals surface area contributed by atoms with Gasteiger partial charge in [0.25, 0.3) is 0 Å². The number of carbonyl (C=O) groups is 2. The lowest BCUT2D eigenvalue weighted by Gasteiger charge is -2.29. The Labute approximate surface area is 143 Å². The summed E-state index contributed by atoms with van der Waals surface area (Å²) in [6, 6.07) is -0.182. The Morgan fingerprint density at radius 2 is 1.88 bits per heavy atom. The van der Waals surface area contributed by atoms with Crippen LogP contribution in [0.15, 0.2) is 0 Å². The lowest BCUT2D eigenvalue weighted by Crippen LogP contribution is -2.53. The van der Waals surface area contributed by atoms with Crippen LogP contribution in [0.3, 0.4) is 0 Å². The second-order valence-electron chi connectivity index (χ2n) is 6.95. The van der Waals surface area contributed by atoms with E-state index in [2.05, 4.69) is 10.6 Å². The van der Waals surface area contributed by atoms with E-state index in [0.29, 0.717) is 32.9 Å². The van der Waals surface area contributed by atoms with Gasteiger partial charge in [0.15, 0.2) is 0 Å². The van der Waals surface area contributed by atoms with Gasteiger partial charge in [0.1, 0.15) is 6.04 Å². The molecule has 1 saturated carbocycles. The number of likely N-dealkylation sites (tertiary alicyclic amines) is 1. The fraction of sp³-hybridized carbons (Fsp3) is 0.882. The smallest absolute Gasteiger partial charge is 0.318 e. The molecule has 1 aliphatic carbocycles. The van der Waals surface area contributed by atoms with Gasteiger partial charge in [-0.05, 0) is 25.7 Å². The SMILES string of the molecule is O=C(NC[C@@H]1COCCO1)[C@@H]1CCCN1C(=O)NC1CCCCC1. The Bertz CT molecular complexity index is 434. The summed E-state index contributed by atoms with van der Waals surface area (Å²) in [6.45, 7) is 2.78. The second-order valence-corrected chi connectivity index (χ2v) is 6.95. The summed E-state index contributed by atoms with van der Waals surface area (Å²) in [5.41, 5.74) is 0. The Kier molecular flexibility index (Phi) is 6.31. The number of hydrogen-bond acceptors (Lipinski definition) is 4. The molecule has 7 heteroatoms. The molecule has 0 radical (unpaired) electrons. The third-order valence-corrected chi connectivity index (χ3v) is 5.14. The molecular weight excluding hydrogens is 310 g/mol. The molecule has 2 saturated heterocycles. The molecule has 7 nitrogen and oxygen atoms in total. The van der Waals surface area contributed by atoms with Crippen molar-refractivity contribution in [2.75, 3.05) is 32.9 Å². The molecule has 2 atom stereocenters. The molecule has 3 rings (SSSR count). The van der Waals surface area contributed by atoms with Gasteiger partial charge in [-0.3, -0.25) is 4.79 Å². The number of rotatable bonds is 4. The van der Waals surface area contributed by atoms with E-state index < -0.39 is 0 Å². The van der Waals surface area contributed by atoms with Crippen LogP contribution < -0.4 is 10.6 Å². The first-order valence-corrected chi connectivity index (χ1v) is 9.28. The lowest BCUT2D eigenvalue weighted by atomic mass is 9.96. The predicted molar refractivity (Wildman–Crippen MR) is 88.7 cm³/mol. The molecular formula is C17H29N3O4. The van der Waals surface area contributed by atoms with Gasteiger partial charge in [0.2, 0.25) is 5.91 Å². The molecule has 2 aliphatic heterocycles. The highest BCUT2D eigenvalue weighted by molar-refractivity contribution is 5.87. The highest BCUT2D eigenvalue weighted by Gasteiger charge is 2.35. The van der Waals surface area contributed by atoms with Gasteiger partial charge in [-0.25, -0.2) is 4.79 Å². The van der Waals surface area contributed by atoms with Crippen molar-refractivity contribution in [2.24, 2.45) is 0 Å². The minimum absolute atomic E-state index is 0.0829. The molecule has 2 heterocycles. The number of nitrogens with zero attached hydrogens (tertiary/aromatic N) is 1. The number of urea groups is 1. The first-order valence-electron chi connectivity index (χ1n) is 9.28. The predicted octanol–water partition coefficient (Wildman–Crippen LogP) is 1.02. The molecule has 0 unspecified atom stereocenters. The highest BCUT2D eigenvalue weighted by Crippen LogP contribution is 2.21. The maximum absolute atomic E-state index is 12.5. The van der Waals surface area contributed by atoms with E-state index in [9.17, 15) is 9.59 Å². The van der Waals surface area contributed by atoms with Crippen LogP contribution in [0.1, 0.15) is 44.9 Å². The molecule has 3 aliphatic rings. The quantitative estimate of drug-likeness (QED) is 0.802. The van der Waals surface area contributed by atoms with Gasteiger partial charge in [-0.15, -0.1) is 0 Å². The van der Waals surface area contributed by atoms with Crippen LogP contribution in [0, 0.1) is 0 Å². The molecule has 0 aromatic heterocycles. The van der Waals surface area contributed by atoms with Crippen molar-refractivity contribution in [1.29, 1.82) is 0 Å². The van der Waals surface area contributed by atoms with Crippen LogP contribution in [-0.2, 0) is 14.3 Å². The summed E-state index contributed by atoms with van der Waals surface area (Å²) in [6.07, 6.45) is 7.23. The van der Waals surface area contributed by atoms with Crippen LogP contribution in [0.4, 0.5) is 4.79 Å². The average molecular weight is 339 g/mol. The Balaban J connectivity index is 1.46. The van der Waals surface area contributed by atoms with E-state index in [-0.39, 0.29) is 30.1 Å². The van der Waals surface area contributed by atoms with Crippen molar-refractivity contribution in [2.45, 2.75) is 63.1 Å². The van der Waals surface area contributed by atoms with Gasteiger partial charge < -0.3 is 25.0 Å².